The zero-order valence-corrected chi connectivity index (χ0v) is 15.7. The molecule has 2 amide bonds. The highest BCUT2D eigenvalue weighted by atomic mass is 16.6. The fourth-order valence-electron chi connectivity index (χ4n) is 2.73. The van der Waals surface area contributed by atoms with Gasteiger partial charge in [0.1, 0.15) is 5.75 Å². The van der Waals surface area contributed by atoms with E-state index in [1.54, 1.807) is 0 Å². The number of methoxy groups -OCH3 is 1. The molecule has 0 saturated heterocycles. The largest absolute Gasteiger partial charge is 0.508 e. The first-order chi connectivity index (χ1) is 14.0. The summed E-state index contributed by atoms with van der Waals surface area (Å²) in [6.45, 7) is 3.13. The summed E-state index contributed by atoms with van der Waals surface area (Å²) in [6.07, 6.45) is -1.73. The number of aliphatic carboxylic acids is 2. The van der Waals surface area contributed by atoms with Gasteiger partial charge < -0.3 is 35.8 Å². The molecule has 0 spiro atoms. The minimum atomic E-state index is -2.51. The molecule has 0 fully saturated rings. The number of hydrogen-bond donors (Lipinski definition) is 5. The highest BCUT2D eigenvalue weighted by Gasteiger charge is 2.51. The van der Waals surface area contributed by atoms with E-state index in [0.29, 0.717) is 0 Å². The predicted octanol–water partition coefficient (Wildman–Crippen LogP) is -1.06. The van der Waals surface area contributed by atoms with Crippen LogP contribution in [0.15, 0.2) is 41.4 Å². The lowest BCUT2D eigenvalue weighted by Crippen LogP contribution is -2.67. The smallest absolute Gasteiger partial charge is 0.354 e. The van der Waals surface area contributed by atoms with Crippen molar-refractivity contribution in [2.75, 3.05) is 13.7 Å². The lowest BCUT2D eigenvalue weighted by molar-refractivity contribution is -0.176. The quantitative estimate of drug-likeness (QED) is 0.256. The summed E-state index contributed by atoms with van der Waals surface area (Å²) in [4.78, 5) is 51.8. The number of hydrogen-bond acceptors (Lipinski definition) is 8. The Labute approximate surface area is 169 Å². The number of rotatable bonds is 8. The minimum Gasteiger partial charge on any atom is -0.508 e. The van der Waals surface area contributed by atoms with Crippen LogP contribution in [-0.4, -0.2) is 70.5 Å². The molecule has 30 heavy (non-hydrogen) atoms. The topological polar surface area (TPSA) is 198 Å². The summed E-state index contributed by atoms with van der Waals surface area (Å²) in [5.74, 6) is -7.52. The van der Waals surface area contributed by atoms with Crippen LogP contribution >= 0.6 is 0 Å². The van der Waals surface area contributed by atoms with Crippen molar-refractivity contribution >= 4 is 29.5 Å². The molecule has 12 nitrogen and oxygen atoms in total. The molecule has 1 unspecified atom stereocenters. The van der Waals surface area contributed by atoms with Gasteiger partial charge in [-0.3, -0.25) is 14.4 Å². The molecule has 1 aliphatic rings. The van der Waals surface area contributed by atoms with Crippen molar-refractivity contribution in [1.29, 1.82) is 0 Å². The molecule has 0 radical (unpaired) electrons. The van der Waals surface area contributed by atoms with Gasteiger partial charge in [-0.15, -0.1) is 0 Å². The van der Waals surface area contributed by atoms with Crippen molar-refractivity contribution in [2.45, 2.75) is 17.9 Å². The Morgan fingerprint density at radius 1 is 1.30 bits per heavy atom. The maximum absolute atomic E-state index is 12.8. The number of benzene rings is 1. The molecular formula is C18H19N3O9. The standard InChI is InChI=1S/C18H19N3O9/c1-8-7-30-17(20-12(8)15(26)27)18(29-2,16(19)28)21-13(23)11(14(24)25)9-3-5-10(22)6-4-9/h3-6,11,17,22H,1,7H2,2H3,(H2,19,28)(H,21,23)(H,24,25)(H,26,27)/t11?,17-,18+/m1/s1. The second kappa shape index (κ2) is 8.71. The molecule has 2 rings (SSSR count). The van der Waals surface area contributed by atoms with Gasteiger partial charge in [0.15, 0.2) is 11.6 Å². The fourth-order valence-corrected chi connectivity index (χ4v) is 2.73. The van der Waals surface area contributed by atoms with Crippen LogP contribution in [-0.2, 0) is 28.7 Å². The van der Waals surface area contributed by atoms with Crippen molar-refractivity contribution in [2.24, 2.45) is 10.7 Å². The van der Waals surface area contributed by atoms with Gasteiger partial charge in [0.2, 0.25) is 12.1 Å². The van der Waals surface area contributed by atoms with Crippen LogP contribution in [0.2, 0.25) is 0 Å². The first-order valence-electron chi connectivity index (χ1n) is 8.33. The minimum absolute atomic E-state index is 0.00653. The monoisotopic (exact) mass is 421 g/mol. The number of nitrogens with one attached hydrogen (secondary N) is 1. The summed E-state index contributed by atoms with van der Waals surface area (Å²) in [5, 5.41) is 30.2. The summed E-state index contributed by atoms with van der Waals surface area (Å²) in [5.41, 5.74) is 2.34. The molecule has 160 valence electrons. The number of nitrogens with zero attached hydrogens (tertiary/aromatic N) is 1. The van der Waals surface area contributed by atoms with Crippen LogP contribution in [0.25, 0.3) is 0 Å². The lowest BCUT2D eigenvalue weighted by Gasteiger charge is -2.37. The van der Waals surface area contributed by atoms with Gasteiger partial charge in [-0.2, -0.15) is 0 Å². The Morgan fingerprint density at radius 3 is 2.37 bits per heavy atom. The number of nitrogens with two attached hydrogens (primary N) is 1. The number of primary amides is 1. The Kier molecular flexibility index (Phi) is 6.54. The number of aliphatic imine (C=N–C) groups is 1. The van der Waals surface area contributed by atoms with Gasteiger partial charge in [-0.25, -0.2) is 9.79 Å². The van der Waals surface area contributed by atoms with Crippen molar-refractivity contribution in [1.82, 2.24) is 5.32 Å². The first-order valence-corrected chi connectivity index (χ1v) is 8.33. The van der Waals surface area contributed by atoms with E-state index in [0.717, 1.165) is 7.11 Å². The molecule has 0 aliphatic carbocycles. The Morgan fingerprint density at radius 2 is 1.90 bits per heavy atom. The maximum Gasteiger partial charge on any atom is 0.354 e. The summed E-state index contributed by atoms with van der Waals surface area (Å²) < 4.78 is 10.3. The number of aromatic hydroxyl groups is 1. The normalized spacial score (nSPS) is 19.2. The number of phenolic OH excluding ortho intramolecular Hbond substituents is 1. The highest BCUT2D eigenvalue weighted by molar-refractivity contribution is 6.42. The van der Waals surface area contributed by atoms with Gasteiger partial charge >= 0.3 is 11.9 Å². The lowest BCUT2D eigenvalue weighted by atomic mass is 9.97. The molecule has 0 saturated carbocycles. The van der Waals surface area contributed by atoms with Crippen LogP contribution in [0.3, 0.4) is 0 Å². The molecule has 0 aromatic heterocycles. The van der Waals surface area contributed by atoms with Crippen LogP contribution in [0.4, 0.5) is 0 Å². The Hall–Kier alpha value is -3.77. The molecule has 1 aromatic rings. The van der Waals surface area contributed by atoms with E-state index in [9.17, 15) is 34.5 Å². The third-order valence-corrected chi connectivity index (χ3v) is 4.28. The molecular weight excluding hydrogens is 402 g/mol. The summed E-state index contributed by atoms with van der Waals surface area (Å²) >= 11 is 0. The van der Waals surface area contributed by atoms with E-state index in [1.807, 2.05) is 0 Å². The average Bonchev–Trinajstić information content (AvgIpc) is 2.67. The van der Waals surface area contributed by atoms with E-state index in [4.69, 9.17) is 15.2 Å². The molecule has 6 N–H and O–H groups in total. The number of ether oxygens (including phenoxy) is 2. The molecule has 1 aliphatic heterocycles. The first kappa shape index (κ1) is 22.5. The van der Waals surface area contributed by atoms with Gasteiger partial charge in [-0.05, 0) is 17.7 Å². The van der Waals surface area contributed by atoms with Crippen molar-refractivity contribution in [3.05, 3.63) is 42.0 Å². The van der Waals surface area contributed by atoms with E-state index >= 15 is 0 Å². The highest BCUT2D eigenvalue weighted by Crippen LogP contribution is 2.25. The van der Waals surface area contributed by atoms with Crippen LogP contribution in [0.5, 0.6) is 5.75 Å². The Balaban J connectivity index is 2.46. The molecule has 1 aromatic carbocycles. The van der Waals surface area contributed by atoms with Crippen molar-refractivity contribution < 1.29 is 44.0 Å². The number of carbonyl (C=O) groups excluding carboxylic acids is 2. The number of amides is 2. The third kappa shape index (κ3) is 4.29. The van der Waals surface area contributed by atoms with E-state index in [-0.39, 0.29) is 23.5 Å². The van der Waals surface area contributed by atoms with E-state index in [1.165, 1.54) is 24.3 Å². The number of carboxylic acids is 2. The second-order valence-corrected chi connectivity index (χ2v) is 6.21. The average molecular weight is 421 g/mol. The van der Waals surface area contributed by atoms with Gasteiger partial charge in [0.05, 0.1) is 6.61 Å². The number of carboxylic acid groups (broad SMARTS) is 2. The number of phenols is 1. The molecule has 0 bridgehead atoms. The zero-order valence-electron chi connectivity index (χ0n) is 15.7. The van der Waals surface area contributed by atoms with Crippen molar-refractivity contribution in [3.63, 3.8) is 0 Å². The van der Waals surface area contributed by atoms with Crippen molar-refractivity contribution in [3.8, 4) is 5.75 Å². The predicted molar refractivity (Wildman–Crippen MR) is 99.5 cm³/mol. The Bertz CT molecular complexity index is 925. The molecule has 3 atom stereocenters. The zero-order chi connectivity index (χ0) is 22.6. The van der Waals surface area contributed by atoms with Gasteiger partial charge in [0, 0.05) is 12.7 Å². The second-order valence-electron chi connectivity index (χ2n) is 6.21. The van der Waals surface area contributed by atoms with Crippen LogP contribution in [0.1, 0.15) is 11.5 Å². The van der Waals surface area contributed by atoms with Crippen LogP contribution < -0.4 is 11.1 Å². The van der Waals surface area contributed by atoms with Gasteiger partial charge in [0.25, 0.3) is 11.6 Å². The van der Waals surface area contributed by atoms with Crippen LogP contribution in [0, 0.1) is 0 Å². The summed E-state index contributed by atoms with van der Waals surface area (Å²) in [7, 11) is 0.976. The SMILES string of the molecule is C=C1CO[C@H]([C@@](NC(=O)C(C(=O)O)c2ccc(O)cc2)(OC)C(N)=O)N=C1C(=O)O. The van der Waals surface area contributed by atoms with E-state index in [2.05, 4.69) is 16.9 Å². The van der Waals surface area contributed by atoms with Gasteiger partial charge in [-0.1, -0.05) is 18.7 Å². The number of carbonyl (C=O) groups is 4. The third-order valence-electron chi connectivity index (χ3n) is 4.28. The summed E-state index contributed by atoms with van der Waals surface area (Å²) in [6, 6.07) is 4.76. The maximum atomic E-state index is 12.8. The molecule has 12 heteroatoms. The van der Waals surface area contributed by atoms with E-state index < -0.39 is 47.3 Å². The molecule has 1 heterocycles. The fraction of sp³-hybridized carbons (Fsp3) is 0.278.